The highest BCUT2D eigenvalue weighted by molar-refractivity contribution is 14.1. The Morgan fingerprint density at radius 1 is 1.35 bits per heavy atom. The van der Waals surface area contributed by atoms with E-state index in [1.165, 1.54) is 4.57 Å². The zero-order valence-electron chi connectivity index (χ0n) is 9.77. The van der Waals surface area contributed by atoms with Crippen LogP contribution in [0, 0.1) is 3.57 Å². The van der Waals surface area contributed by atoms with Gasteiger partial charge >= 0.3 is 6.09 Å². The van der Waals surface area contributed by atoms with E-state index in [9.17, 15) is 4.79 Å². The molecule has 2 heterocycles. The molecule has 0 atom stereocenters. The molecule has 0 unspecified atom stereocenters. The Labute approximate surface area is 112 Å². The van der Waals surface area contributed by atoms with Crippen LogP contribution in [-0.2, 0) is 4.74 Å². The molecule has 0 N–H and O–H groups in total. The van der Waals surface area contributed by atoms with Crippen molar-refractivity contribution >= 4 is 39.8 Å². The first-order valence-electron chi connectivity index (χ1n) is 5.09. The summed E-state index contributed by atoms with van der Waals surface area (Å²) in [7, 11) is 0. The van der Waals surface area contributed by atoms with Crippen molar-refractivity contribution in [2.24, 2.45) is 0 Å². The van der Waals surface area contributed by atoms with E-state index in [1.807, 2.05) is 20.8 Å². The minimum absolute atomic E-state index is 0.439. The Kier molecular flexibility index (Phi) is 3.07. The van der Waals surface area contributed by atoms with Crippen LogP contribution in [0.4, 0.5) is 4.79 Å². The predicted octanol–water partition coefficient (Wildman–Crippen LogP) is 2.82. The van der Waals surface area contributed by atoms with E-state index in [0.29, 0.717) is 11.2 Å². The molecule has 0 aliphatic heterocycles. The lowest BCUT2D eigenvalue weighted by Crippen LogP contribution is -2.26. The first-order chi connectivity index (χ1) is 7.88. The zero-order chi connectivity index (χ0) is 12.6. The molecule has 0 aliphatic carbocycles. The van der Waals surface area contributed by atoms with Crippen molar-refractivity contribution < 1.29 is 9.53 Å². The SMILES string of the molecule is CC(C)(C)OC(=O)n1cc(I)c2nccnc21. The molecule has 90 valence electrons. The molecule has 2 aromatic heterocycles. The number of hydrogen-bond donors (Lipinski definition) is 0. The summed E-state index contributed by atoms with van der Waals surface area (Å²) in [5.41, 5.74) is 0.700. The van der Waals surface area contributed by atoms with Crippen molar-refractivity contribution in [2.75, 3.05) is 0 Å². The van der Waals surface area contributed by atoms with Crippen LogP contribution in [0.3, 0.4) is 0 Å². The highest BCUT2D eigenvalue weighted by Gasteiger charge is 2.21. The number of carbonyl (C=O) groups is 1. The molecule has 17 heavy (non-hydrogen) atoms. The van der Waals surface area contributed by atoms with Crippen molar-refractivity contribution in [1.29, 1.82) is 0 Å². The molecule has 0 radical (unpaired) electrons. The second-order valence-corrected chi connectivity index (χ2v) is 5.72. The van der Waals surface area contributed by atoms with Crippen molar-refractivity contribution in [2.45, 2.75) is 26.4 Å². The first-order valence-corrected chi connectivity index (χ1v) is 6.17. The Morgan fingerprint density at radius 2 is 2.00 bits per heavy atom. The van der Waals surface area contributed by atoms with Crippen LogP contribution in [0.25, 0.3) is 11.2 Å². The molecular weight excluding hydrogens is 333 g/mol. The molecule has 2 rings (SSSR count). The van der Waals surface area contributed by atoms with Gasteiger partial charge in [-0.15, -0.1) is 0 Å². The van der Waals surface area contributed by atoms with Gasteiger partial charge in [-0.1, -0.05) is 0 Å². The van der Waals surface area contributed by atoms with E-state index in [-0.39, 0.29) is 0 Å². The minimum Gasteiger partial charge on any atom is -0.443 e. The highest BCUT2D eigenvalue weighted by Crippen LogP contribution is 2.20. The zero-order valence-corrected chi connectivity index (χ0v) is 11.9. The molecule has 0 amide bonds. The van der Waals surface area contributed by atoms with Gasteiger partial charge in [0.1, 0.15) is 11.1 Å². The normalized spacial score (nSPS) is 11.8. The predicted molar refractivity (Wildman–Crippen MR) is 71.9 cm³/mol. The average Bonchev–Trinajstić information content (AvgIpc) is 2.55. The highest BCUT2D eigenvalue weighted by atomic mass is 127. The molecular formula is C11H12IN3O2. The van der Waals surface area contributed by atoms with Crippen molar-refractivity contribution in [3.63, 3.8) is 0 Å². The lowest BCUT2D eigenvalue weighted by Gasteiger charge is -2.19. The number of carbonyl (C=O) groups excluding carboxylic acids is 1. The van der Waals surface area contributed by atoms with Crippen LogP contribution < -0.4 is 0 Å². The van der Waals surface area contributed by atoms with E-state index in [4.69, 9.17) is 4.74 Å². The Balaban J connectivity index is 2.46. The first kappa shape index (κ1) is 12.3. The van der Waals surface area contributed by atoms with Crippen molar-refractivity contribution in [3.05, 3.63) is 22.2 Å². The van der Waals surface area contributed by atoms with Crippen LogP contribution in [0.5, 0.6) is 0 Å². The largest absolute Gasteiger partial charge is 0.443 e. The third kappa shape index (κ3) is 2.56. The molecule has 6 heteroatoms. The van der Waals surface area contributed by atoms with Crippen LogP contribution >= 0.6 is 22.6 Å². The fourth-order valence-corrected chi connectivity index (χ4v) is 2.02. The van der Waals surface area contributed by atoms with Gasteiger partial charge in [0.05, 0.1) is 3.57 Å². The molecule has 0 aromatic carbocycles. The number of fused-ring (bicyclic) bond motifs is 1. The molecule has 0 spiro atoms. The van der Waals surface area contributed by atoms with Crippen LogP contribution in [-0.4, -0.2) is 26.2 Å². The maximum atomic E-state index is 12.0. The molecule has 0 aliphatic rings. The van der Waals surface area contributed by atoms with Gasteiger partial charge in [-0.2, -0.15) is 0 Å². The monoisotopic (exact) mass is 345 g/mol. The van der Waals surface area contributed by atoms with Gasteiger partial charge < -0.3 is 4.74 Å². The van der Waals surface area contributed by atoms with Gasteiger partial charge in [0.2, 0.25) is 0 Å². The Hall–Kier alpha value is -1.18. The lowest BCUT2D eigenvalue weighted by molar-refractivity contribution is 0.0543. The van der Waals surface area contributed by atoms with Crippen molar-refractivity contribution in [1.82, 2.24) is 14.5 Å². The quantitative estimate of drug-likeness (QED) is 0.689. The maximum absolute atomic E-state index is 12.0. The average molecular weight is 345 g/mol. The lowest BCUT2D eigenvalue weighted by atomic mass is 10.2. The number of aromatic nitrogens is 3. The van der Waals surface area contributed by atoms with Gasteiger partial charge in [-0.3, -0.25) is 4.98 Å². The van der Waals surface area contributed by atoms with E-state index in [2.05, 4.69) is 32.6 Å². The van der Waals surface area contributed by atoms with E-state index in [0.717, 1.165) is 3.57 Å². The number of rotatable bonds is 0. The Morgan fingerprint density at radius 3 is 2.65 bits per heavy atom. The van der Waals surface area contributed by atoms with Gasteiger partial charge in [0, 0.05) is 18.6 Å². The number of halogens is 1. The number of nitrogens with zero attached hydrogens (tertiary/aromatic N) is 3. The third-order valence-corrected chi connectivity index (χ3v) is 2.76. The van der Waals surface area contributed by atoms with Gasteiger partial charge in [-0.25, -0.2) is 14.3 Å². The van der Waals surface area contributed by atoms with Crippen LogP contribution in [0.2, 0.25) is 0 Å². The van der Waals surface area contributed by atoms with Crippen LogP contribution in [0.1, 0.15) is 20.8 Å². The molecule has 0 saturated heterocycles. The van der Waals surface area contributed by atoms with Crippen molar-refractivity contribution in [3.8, 4) is 0 Å². The van der Waals surface area contributed by atoms with Crippen LogP contribution in [0.15, 0.2) is 18.6 Å². The minimum atomic E-state index is -0.526. The summed E-state index contributed by atoms with van der Waals surface area (Å²) in [6, 6.07) is 0. The van der Waals surface area contributed by atoms with Gasteiger partial charge in [0.25, 0.3) is 0 Å². The summed E-state index contributed by atoms with van der Waals surface area (Å²) in [5, 5.41) is 0. The molecule has 0 saturated carbocycles. The Bertz CT molecular complexity index is 572. The summed E-state index contributed by atoms with van der Waals surface area (Å²) in [6.07, 6.45) is 4.40. The molecule has 0 fully saturated rings. The second kappa shape index (κ2) is 4.25. The van der Waals surface area contributed by atoms with E-state index in [1.54, 1.807) is 18.6 Å². The van der Waals surface area contributed by atoms with E-state index < -0.39 is 11.7 Å². The summed E-state index contributed by atoms with van der Waals surface area (Å²) in [6.45, 7) is 5.48. The number of hydrogen-bond acceptors (Lipinski definition) is 4. The standard InChI is InChI=1S/C11H12IN3O2/c1-11(2,3)17-10(16)15-6-7(12)8-9(15)14-5-4-13-8/h4-6H,1-3H3. The topological polar surface area (TPSA) is 57.0 Å². The number of ether oxygens (including phenoxy) is 1. The van der Waals surface area contributed by atoms with E-state index >= 15 is 0 Å². The summed E-state index contributed by atoms with van der Waals surface area (Å²) < 4.78 is 7.55. The molecule has 5 nitrogen and oxygen atoms in total. The summed E-state index contributed by atoms with van der Waals surface area (Å²) in [5.74, 6) is 0. The van der Waals surface area contributed by atoms with Gasteiger partial charge in [-0.05, 0) is 43.4 Å². The maximum Gasteiger partial charge on any atom is 0.420 e. The fourth-order valence-electron chi connectivity index (χ4n) is 1.36. The summed E-state index contributed by atoms with van der Waals surface area (Å²) in [4.78, 5) is 20.3. The molecule has 0 bridgehead atoms. The fraction of sp³-hybridized carbons (Fsp3) is 0.364. The second-order valence-electron chi connectivity index (χ2n) is 4.56. The smallest absolute Gasteiger partial charge is 0.420 e. The summed E-state index contributed by atoms with van der Waals surface area (Å²) >= 11 is 2.12. The molecule has 2 aromatic rings. The third-order valence-electron chi connectivity index (χ3n) is 1.97. The van der Waals surface area contributed by atoms with Gasteiger partial charge in [0.15, 0.2) is 5.65 Å².